The van der Waals surface area contributed by atoms with Crippen LogP contribution >= 0.6 is 15.9 Å². The summed E-state index contributed by atoms with van der Waals surface area (Å²) < 4.78 is 33.4. The van der Waals surface area contributed by atoms with Gasteiger partial charge in [0.2, 0.25) is 6.41 Å². The molecule has 0 spiro atoms. The van der Waals surface area contributed by atoms with Crippen LogP contribution in [0.25, 0.3) is 11.3 Å². The maximum atomic E-state index is 14.5. The Kier molecular flexibility index (Phi) is 12.0. The van der Waals surface area contributed by atoms with Crippen molar-refractivity contribution >= 4 is 34.1 Å². The minimum absolute atomic E-state index is 0.0622. The van der Waals surface area contributed by atoms with Gasteiger partial charge in [-0.3, -0.25) is 9.59 Å². The van der Waals surface area contributed by atoms with E-state index in [9.17, 15) is 18.4 Å². The highest BCUT2D eigenvalue weighted by molar-refractivity contribution is 9.10. The zero-order chi connectivity index (χ0) is 27.4. The Bertz CT molecular complexity index is 1190. The van der Waals surface area contributed by atoms with E-state index in [1.807, 2.05) is 0 Å². The van der Waals surface area contributed by atoms with Crippen molar-refractivity contribution in [1.82, 2.24) is 20.2 Å². The van der Waals surface area contributed by atoms with Gasteiger partial charge < -0.3 is 25.8 Å². The largest absolute Gasteiger partial charge is 0.400 e. The van der Waals surface area contributed by atoms with Crippen LogP contribution in [-0.2, 0) is 16.1 Å². The standard InChI is InChI=1S/C19H15BrF2N4O.C5H9NO2.CH4O/c1-10-8-24-18(23)17(26-10)12-2-3-15(16(22)6-12)19(27)25-9-11-4-13(20)7-14(21)5-11;7-5-6-1-3-8-4-2-6;1-2/h2-8H,9H2,1H3,(H2,23,24)(H,25,27);5H,1-4H2;2H,1H3. The molecule has 9 nitrogen and oxygen atoms in total. The Morgan fingerprint density at radius 3 is 2.51 bits per heavy atom. The second-order valence-corrected chi connectivity index (χ2v) is 8.57. The number of carbonyl (C=O) groups is 2. The predicted molar refractivity (Wildman–Crippen MR) is 138 cm³/mol. The van der Waals surface area contributed by atoms with Crippen molar-refractivity contribution in [1.29, 1.82) is 0 Å². The number of aliphatic hydroxyl groups excluding tert-OH is 1. The second kappa shape index (κ2) is 14.9. The topological polar surface area (TPSA) is 131 Å². The van der Waals surface area contributed by atoms with Crippen molar-refractivity contribution in [3.63, 3.8) is 0 Å². The molecular weight excluding hydrogens is 552 g/mol. The maximum absolute atomic E-state index is 14.5. The third kappa shape index (κ3) is 9.16. The number of hydrogen-bond acceptors (Lipinski definition) is 7. The van der Waals surface area contributed by atoms with Crippen molar-refractivity contribution in [3.8, 4) is 11.3 Å². The first-order chi connectivity index (χ1) is 17.8. The van der Waals surface area contributed by atoms with Crippen LogP contribution in [-0.4, -0.2) is 65.7 Å². The first kappa shape index (κ1) is 29.7. The minimum atomic E-state index is -0.715. The van der Waals surface area contributed by atoms with Crippen molar-refractivity contribution in [3.05, 3.63) is 75.5 Å². The summed E-state index contributed by atoms with van der Waals surface area (Å²) in [5, 5.41) is 9.57. The predicted octanol–water partition coefficient (Wildman–Crippen LogP) is 3.09. The van der Waals surface area contributed by atoms with Crippen LogP contribution in [0.4, 0.5) is 14.6 Å². The molecule has 4 rings (SSSR count). The molecule has 2 heterocycles. The van der Waals surface area contributed by atoms with Gasteiger partial charge in [-0.05, 0) is 42.8 Å². The van der Waals surface area contributed by atoms with Crippen LogP contribution in [0.1, 0.15) is 21.6 Å². The molecule has 0 atom stereocenters. The lowest BCUT2D eigenvalue weighted by Gasteiger charge is -2.21. The summed E-state index contributed by atoms with van der Waals surface area (Å²) in [6, 6.07) is 8.37. The average Bonchev–Trinajstić information content (AvgIpc) is 2.90. The van der Waals surface area contributed by atoms with E-state index >= 15 is 0 Å². The van der Waals surface area contributed by atoms with Crippen LogP contribution in [0.5, 0.6) is 0 Å². The number of nitrogens with two attached hydrogens (primary N) is 1. The average molecular weight is 580 g/mol. The summed E-state index contributed by atoms with van der Waals surface area (Å²) in [6.45, 7) is 4.70. The molecule has 2 amide bonds. The van der Waals surface area contributed by atoms with E-state index in [4.69, 9.17) is 15.6 Å². The smallest absolute Gasteiger partial charge is 0.254 e. The van der Waals surface area contributed by atoms with E-state index in [-0.39, 0.29) is 17.9 Å². The van der Waals surface area contributed by atoms with E-state index < -0.39 is 17.5 Å². The number of nitrogens with zero attached hydrogens (tertiary/aromatic N) is 3. The Hall–Kier alpha value is -3.48. The zero-order valence-corrected chi connectivity index (χ0v) is 22.0. The Morgan fingerprint density at radius 1 is 1.22 bits per heavy atom. The molecule has 4 N–H and O–H groups in total. The Morgan fingerprint density at radius 2 is 1.92 bits per heavy atom. The summed E-state index contributed by atoms with van der Waals surface area (Å²) in [4.78, 5) is 32.3. The van der Waals surface area contributed by atoms with Gasteiger partial charge in [-0.15, -0.1) is 0 Å². The molecule has 0 saturated carbocycles. The van der Waals surface area contributed by atoms with Crippen LogP contribution in [0.2, 0.25) is 0 Å². The van der Waals surface area contributed by atoms with Crippen LogP contribution < -0.4 is 11.1 Å². The first-order valence-electron chi connectivity index (χ1n) is 11.1. The molecule has 1 aliphatic heterocycles. The number of aryl methyl sites for hydroxylation is 1. The highest BCUT2D eigenvalue weighted by atomic mass is 79.9. The Labute approximate surface area is 221 Å². The lowest BCUT2D eigenvalue weighted by atomic mass is 10.1. The second-order valence-electron chi connectivity index (χ2n) is 7.65. The SMILES string of the molecule is CO.Cc1cnc(N)c(-c2ccc(C(=O)NCc3cc(F)cc(Br)c3)c(F)c2)n1.O=CN1CCOCC1. The highest BCUT2D eigenvalue weighted by Gasteiger charge is 2.15. The first-order valence-corrected chi connectivity index (χ1v) is 11.9. The molecule has 1 aliphatic rings. The summed E-state index contributed by atoms with van der Waals surface area (Å²) in [7, 11) is 1.00. The number of morpholine rings is 1. The number of halogens is 3. The van der Waals surface area contributed by atoms with E-state index in [1.54, 1.807) is 24.0 Å². The molecule has 3 aromatic rings. The number of anilines is 1. The van der Waals surface area contributed by atoms with Crippen LogP contribution in [0.15, 0.2) is 47.1 Å². The highest BCUT2D eigenvalue weighted by Crippen LogP contribution is 2.24. The fourth-order valence-corrected chi connectivity index (χ4v) is 3.73. The normalized spacial score (nSPS) is 12.4. The molecular formula is C25H28BrF2N5O4. The molecule has 2 aromatic carbocycles. The Balaban J connectivity index is 0.000000406. The molecule has 0 aliphatic carbocycles. The van der Waals surface area contributed by atoms with Crippen molar-refractivity contribution in [2.45, 2.75) is 13.5 Å². The third-order valence-electron chi connectivity index (χ3n) is 4.98. The van der Waals surface area contributed by atoms with Gasteiger partial charge in [-0.1, -0.05) is 22.0 Å². The van der Waals surface area contributed by atoms with Crippen molar-refractivity contribution in [2.24, 2.45) is 0 Å². The molecule has 198 valence electrons. The number of ether oxygens (including phenoxy) is 1. The number of nitrogen functional groups attached to an aromatic ring is 1. The van der Waals surface area contributed by atoms with Crippen LogP contribution in [0.3, 0.4) is 0 Å². The number of rotatable bonds is 5. The van der Waals surface area contributed by atoms with Crippen molar-refractivity contribution < 1.29 is 28.2 Å². The molecule has 0 radical (unpaired) electrons. The summed E-state index contributed by atoms with van der Waals surface area (Å²) in [5.74, 6) is -1.58. The summed E-state index contributed by atoms with van der Waals surface area (Å²) in [5.41, 5.74) is 7.63. The lowest BCUT2D eigenvalue weighted by Crippen LogP contribution is -2.34. The quantitative estimate of drug-likeness (QED) is 0.396. The number of benzene rings is 2. The van der Waals surface area contributed by atoms with Gasteiger partial charge in [-0.2, -0.15) is 0 Å². The number of aliphatic hydroxyl groups is 1. The molecule has 1 fully saturated rings. The fraction of sp³-hybridized carbons (Fsp3) is 0.280. The van der Waals surface area contributed by atoms with E-state index in [0.717, 1.165) is 26.6 Å². The van der Waals surface area contributed by atoms with Gasteiger partial charge >= 0.3 is 0 Å². The number of amides is 2. The molecule has 0 bridgehead atoms. The molecule has 12 heteroatoms. The van der Waals surface area contributed by atoms with Gasteiger partial charge in [0.05, 0.1) is 30.7 Å². The molecule has 0 unspecified atom stereocenters. The lowest BCUT2D eigenvalue weighted by molar-refractivity contribution is -0.121. The van der Waals surface area contributed by atoms with Crippen LogP contribution in [0, 0.1) is 18.6 Å². The van der Waals surface area contributed by atoms with E-state index in [2.05, 4.69) is 31.2 Å². The molecule has 37 heavy (non-hydrogen) atoms. The van der Waals surface area contributed by atoms with Gasteiger partial charge in [0.1, 0.15) is 23.1 Å². The van der Waals surface area contributed by atoms with Gasteiger partial charge in [0, 0.05) is 36.8 Å². The van der Waals surface area contributed by atoms with E-state index in [1.165, 1.54) is 30.5 Å². The fourth-order valence-electron chi connectivity index (χ4n) is 3.22. The number of aromatic nitrogens is 2. The maximum Gasteiger partial charge on any atom is 0.254 e. The summed E-state index contributed by atoms with van der Waals surface area (Å²) >= 11 is 3.18. The minimum Gasteiger partial charge on any atom is -0.400 e. The van der Waals surface area contributed by atoms with Gasteiger partial charge in [0.15, 0.2) is 0 Å². The number of nitrogens with one attached hydrogen (secondary N) is 1. The van der Waals surface area contributed by atoms with E-state index in [0.29, 0.717) is 40.2 Å². The monoisotopic (exact) mass is 579 g/mol. The number of hydrogen-bond donors (Lipinski definition) is 3. The molecule has 1 saturated heterocycles. The molecule has 1 aromatic heterocycles. The van der Waals surface area contributed by atoms with Gasteiger partial charge in [-0.25, -0.2) is 18.7 Å². The zero-order valence-electron chi connectivity index (χ0n) is 20.4. The van der Waals surface area contributed by atoms with Gasteiger partial charge in [0.25, 0.3) is 5.91 Å². The van der Waals surface area contributed by atoms with Crippen molar-refractivity contribution in [2.75, 3.05) is 39.1 Å². The number of carbonyl (C=O) groups excluding carboxylic acids is 2. The summed E-state index contributed by atoms with van der Waals surface area (Å²) in [6.07, 6.45) is 2.38. The third-order valence-corrected chi connectivity index (χ3v) is 5.44.